The number of carbonyl (C=O) groups is 1. The van der Waals surface area contributed by atoms with E-state index < -0.39 is 0 Å². The summed E-state index contributed by atoms with van der Waals surface area (Å²) in [5.74, 6) is 2.71. The van der Waals surface area contributed by atoms with Gasteiger partial charge in [-0.1, -0.05) is 6.42 Å². The lowest BCUT2D eigenvalue weighted by Gasteiger charge is -2.27. The topological polar surface area (TPSA) is 25.2 Å². The molecule has 0 N–H and O–H groups in total. The van der Waals surface area contributed by atoms with Gasteiger partial charge in [0.2, 0.25) is 0 Å². The van der Waals surface area contributed by atoms with Gasteiger partial charge in [-0.25, -0.2) is 0 Å². The summed E-state index contributed by atoms with van der Waals surface area (Å²) in [4.78, 5) is 14.5. The van der Waals surface area contributed by atoms with E-state index in [1.54, 1.807) is 0 Å². The van der Waals surface area contributed by atoms with Crippen LogP contribution in [-0.2, 0) is 6.54 Å². The average molecular weight is 339 g/mol. The minimum atomic E-state index is 0.153. The lowest BCUT2D eigenvalue weighted by Crippen LogP contribution is -2.34. The van der Waals surface area contributed by atoms with Crippen molar-refractivity contribution in [1.82, 2.24) is 9.47 Å². The van der Waals surface area contributed by atoms with Gasteiger partial charge in [0.25, 0.3) is 5.91 Å². The van der Waals surface area contributed by atoms with E-state index in [9.17, 15) is 4.79 Å². The molecule has 3 rings (SSSR count). The van der Waals surface area contributed by atoms with Crippen molar-refractivity contribution in [2.45, 2.75) is 39.2 Å². The molecule has 0 radical (unpaired) electrons. The number of aryl methyl sites for hydroxylation is 1. The first-order valence-electron chi connectivity index (χ1n) is 7.69. The number of carbonyl (C=O) groups excluding carboxylic acids is 1. The first-order valence-corrected chi connectivity index (χ1v) is 8.49. The zero-order chi connectivity index (χ0) is 14.3. The quantitative estimate of drug-likeness (QED) is 0.820. The Morgan fingerprint density at radius 3 is 2.85 bits per heavy atom. The highest BCUT2D eigenvalue weighted by atomic mass is 79.9. The Morgan fingerprint density at radius 2 is 2.25 bits per heavy atom. The molecule has 1 aromatic heterocycles. The second-order valence-electron chi connectivity index (χ2n) is 6.45. The third-order valence-electron chi connectivity index (χ3n) is 5.16. The summed E-state index contributed by atoms with van der Waals surface area (Å²) in [6.07, 6.45) is 7.53. The Labute approximate surface area is 129 Å². The Kier molecular flexibility index (Phi) is 3.93. The molecular weight excluding hydrogens is 316 g/mol. The van der Waals surface area contributed by atoms with Crippen LogP contribution in [0.15, 0.2) is 16.7 Å². The number of aromatic nitrogens is 1. The fraction of sp³-hybridized carbons (Fsp3) is 0.688. The molecule has 0 saturated heterocycles. The summed E-state index contributed by atoms with van der Waals surface area (Å²) in [6, 6.07) is 1.93. The van der Waals surface area contributed by atoms with Gasteiger partial charge in [0.1, 0.15) is 5.69 Å². The molecular formula is C16H23BrN2O. The number of rotatable bonds is 4. The monoisotopic (exact) mass is 338 g/mol. The SMILES string of the molecule is CCn1cc(Br)cc1C(=O)N(C)CC1CC2CCC1C2. The summed E-state index contributed by atoms with van der Waals surface area (Å²) in [7, 11) is 1.95. The Hall–Kier alpha value is -0.770. The summed E-state index contributed by atoms with van der Waals surface area (Å²) in [5, 5.41) is 0. The van der Waals surface area contributed by atoms with E-state index >= 15 is 0 Å². The van der Waals surface area contributed by atoms with Crippen LogP contribution in [0.1, 0.15) is 43.1 Å². The molecule has 0 aliphatic heterocycles. The second-order valence-corrected chi connectivity index (χ2v) is 7.37. The van der Waals surface area contributed by atoms with Gasteiger partial charge in [-0.15, -0.1) is 0 Å². The van der Waals surface area contributed by atoms with E-state index in [0.717, 1.165) is 41.0 Å². The van der Waals surface area contributed by atoms with Crippen LogP contribution < -0.4 is 0 Å². The number of hydrogen-bond acceptors (Lipinski definition) is 1. The molecule has 110 valence electrons. The first-order chi connectivity index (χ1) is 9.58. The van der Waals surface area contributed by atoms with E-state index in [4.69, 9.17) is 0 Å². The lowest BCUT2D eigenvalue weighted by molar-refractivity contribution is 0.0743. The fourth-order valence-electron chi connectivity index (χ4n) is 4.15. The van der Waals surface area contributed by atoms with Crippen LogP contribution in [-0.4, -0.2) is 29.0 Å². The normalized spacial score (nSPS) is 28.1. The van der Waals surface area contributed by atoms with Crippen molar-refractivity contribution in [2.75, 3.05) is 13.6 Å². The van der Waals surface area contributed by atoms with Crippen LogP contribution in [0.25, 0.3) is 0 Å². The van der Waals surface area contributed by atoms with Gasteiger partial charge in [-0.3, -0.25) is 4.79 Å². The van der Waals surface area contributed by atoms with Crippen molar-refractivity contribution in [3.63, 3.8) is 0 Å². The Balaban J connectivity index is 1.67. The maximum absolute atomic E-state index is 12.6. The van der Waals surface area contributed by atoms with Gasteiger partial charge in [0.15, 0.2) is 0 Å². The number of hydrogen-bond donors (Lipinski definition) is 0. The maximum Gasteiger partial charge on any atom is 0.270 e. The number of halogens is 1. The van der Waals surface area contributed by atoms with Gasteiger partial charge in [0.05, 0.1) is 0 Å². The van der Waals surface area contributed by atoms with Gasteiger partial charge < -0.3 is 9.47 Å². The van der Waals surface area contributed by atoms with Crippen LogP contribution in [0.4, 0.5) is 0 Å². The fourth-order valence-corrected chi connectivity index (χ4v) is 4.61. The third kappa shape index (κ3) is 2.54. The van der Waals surface area contributed by atoms with Crippen LogP contribution >= 0.6 is 15.9 Å². The highest BCUT2D eigenvalue weighted by molar-refractivity contribution is 9.10. The standard InChI is InChI=1S/C16H23BrN2O/c1-3-19-10-14(17)8-15(19)16(20)18(2)9-13-7-11-4-5-12(13)6-11/h8,10-13H,3-7,9H2,1-2H3. The predicted octanol–water partition coefficient (Wildman–Crippen LogP) is 3.78. The summed E-state index contributed by atoms with van der Waals surface area (Å²) in [5.41, 5.74) is 0.796. The smallest absolute Gasteiger partial charge is 0.270 e. The molecule has 0 spiro atoms. The van der Waals surface area contributed by atoms with Crippen LogP contribution in [0.2, 0.25) is 0 Å². The van der Waals surface area contributed by atoms with Gasteiger partial charge in [-0.05, 0) is 65.9 Å². The van der Waals surface area contributed by atoms with Gasteiger partial charge >= 0.3 is 0 Å². The molecule has 3 nitrogen and oxygen atoms in total. The molecule has 1 amide bonds. The molecule has 3 unspecified atom stereocenters. The van der Waals surface area contributed by atoms with E-state index in [1.165, 1.54) is 25.7 Å². The zero-order valence-corrected chi connectivity index (χ0v) is 13.9. The van der Waals surface area contributed by atoms with E-state index in [-0.39, 0.29) is 5.91 Å². The molecule has 2 bridgehead atoms. The lowest BCUT2D eigenvalue weighted by atomic mass is 9.88. The Bertz CT molecular complexity index is 511. The highest BCUT2D eigenvalue weighted by Crippen LogP contribution is 2.48. The number of amides is 1. The molecule has 0 aromatic carbocycles. The second kappa shape index (κ2) is 5.55. The molecule has 3 atom stereocenters. The van der Waals surface area contributed by atoms with E-state index in [1.807, 2.05) is 28.8 Å². The van der Waals surface area contributed by atoms with Crippen molar-refractivity contribution in [3.8, 4) is 0 Å². The van der Waals surface area contributed by atoms with Crippen molar-refractivity contribution in [3.05, 3.63) is 22.4 Å². The van der Waals surface area contributed by atoms with Crippen molar-refractivity contribution in [1.29, 1.82) is 0 Å². The molecule has 2 aliphatic carbocycles. The van der Waals surface area contributed by atoms with Crippen molar-refractivity contribution < 1.29 is 4.79 Å². The van der Waals surface area contributed by atoms with Crippen LogP contribution in [0.3, 0.4) is 0 Å². The zero-order valence-electron chi connectivity index (χ0n) is 12.3. The largest absolute Gasteiger partial charge is 0.343 e. The summed E-state index contributed by atoms with van der Waals surface area (Å²) in [6.45, 7) is 3.82. The van der Waals surface area contributed by atoms with E-state index in [2.05, 4.69) is 22.9 Å². The minimum Gasteiger partial charge on any atom is -0.343 e. The van der Waals surface area contributed by atoms with Gasteiger partial charge in [-0.2, -0.15) is 0 Å². The molecule has 1 aromatic rings. The van der Waals surface area contributed by atoms with E-state index in [0.29, 0.717) is 0 Å². The van der Waals surface area contributed by atoms with Crippen LogP contribution in [0, 0.1) is 17.8 Å². The molecule has 2 saturated carbocycles. The predicted molar refractivity (Wildman–Crippen MR) is 83.7 cm³/mol. The van der Waals surface area contributed by atoms with Crippen molar-refractivity contribution in [2.24, 2.45) is 17.8 Å². The molecule has 2 aliphatic rings. The highest BCUT2D eigenvalue weighted by Gasteiger charge is 2.40. The number of nitrogens with zero attached hydrogens (tertiary/aromatic N) is 2. The summed E-state index contributed by atoms with van der Waals surface area (Å²) < 4.78 is 3.00. The molecule has 4 heteroatoms. The third-order valence-corrected chi connectivity index (χ3v) is 5.60. The summed E-state index contributed by atoms with van der Waals surface area (Å²) >= 11 is 3.46. The minimum absolute atomic E-state index is 0.153. The maximum atomic E-state index is 12.6. The molecule has 1 heterocycles. The Morgan fingerprint density at radius 1 is 1.45 bits per heavy atom. The van der Waals surface area contributed by atoms with Crippen LogP contribution in [0.5, 0.6) is 0 Å². The molecule has 20 heavy (non-hydrogen) atoms. The average Bonchev–Trinajstić information content (AvgIpc) is 3.12. The van der Waals surface area contributed by atoms with Gasteiger partial charge in [0, 0.05) is 30.8 Å². The first kappa shape index (κ1) is 14.2. The van der Waals surface area contributed by atoms with Crippen molar-refractivity contribution >= 4 is 21.8 Å². The molecule has 2 fully saturated rings. The number of fused-ring (bicyclic) bond motifs is 2.